The minimum Gasteiger partial charge on any atom is -0.497 e. The monoisotopic (exact) mass is 322 g/mol. The van der Waals surface area contributed by atoms with Crippen molar-refractivity contribution >= 4 is 5.97 Å². The predicted molar refractivity (Wildman–Crippen MR) is 92.3 cm³/mol. The highest BCUT2D eigenvalue weighted by Crippen LogP contribution is 2.16. The normalized spacial score (nSPS) is 9.92. The summed E-state index contributed by atoms with van der Waals surface area (Å²) < 4.78 is 15.6. The van der Waals surface area contributed by atoms with Gasteiger partial charge >= 0.3 is 5.97 Å². The summed E-state index contributed by atoms with van der Waals surface area (Å²) >= 11 is 0. The number of esters is 1. The van der Waals surface area contributed by atoms with Crippen LogP contribution in [-0.2, 0) is 4.79 Å². The lowest BCUT2D eigenvalue weighted by molar-refractivity contribution is -0.131. The van der Waals surface area contributed by atoms with Crippen LogP contribution in [-0.4, -0.2) is 19.7 Å². The van der Waals surface area contributed by atoms with Crippen molar-refractivity contribution in [1.82, 2.24) is 0 Å². The molecule has 2 aromatic carbocycles. The van der Waals surface area contributed by atoms with Crippen LogP contribution in [0.3, 0.4) is 0 Å². The average Bonchev–Trinajstić information content (AvgIpc) is 2.59. The molecule has 24 heavy (non-hydrogen) atoms. The molecule has 0 atom stereocenters. The zero-order chi connectivity index (χ0) is 17.2. The highest BCUT2D eigenvalue weighted by atomic mass is 16.5. The first-order valence-corrected chi connectivity index (χ1v) is 7.39. The Morgan fingerprint density at radius 3 is 2.25 bits per heavy atom. The van der Waals surface area contributed by atoms with E-state index in [1.54, 1.807) is 37.5 Å². The predicted octanol–water partition coefficient (Wildman–Crippen LogP) is 3.61. The zero-order valence-electron chi connectivity index (χ0n) is 13.6. The molecule has 0 bridgehead atoms. The van der Waals surface area contributed by atoms with Gasteiger partial charge in [0.1, 0.15) is 23.9 Å². The molecule has 122 valence electrons. The highest BCUT2D eigenvalue weighted by Gasteiger charge is 1.96. The van der Waals surface area contributed by atoms with Gasteiger partial charge in [-0.1, -0.05) is 11.8 Å². The zero-order valence-corrected chi connectivity index (χ0v) is 13.6. The van der Waals surface area contributed by atoms with Crippen LogP contribution in [0.5, 0.6) is 17.2 Å². The van der Waals surface area contributed by atoms with Crippen molar-refractivity contribution in [3.05, 3.63) is 66.2 Å². The number of methoxy groups -OCH3 is 1. The molecule has 0 aromatic heterocycles. The van der Waals surface area contributed by atoms with Crippen molar-refractivity contribution in [1.29, 1.82) is 0 Å². The summed E-state index contributed by atoms with van der Waals surface area (Å²) in [6.07, 6.45) is 3.58. The highest BCUT2D eigenvalue weighted by molar-refractivity contribution is 5.69. The number of rotatable bonds is 5. The molecule has 0 amide bonds. The number of carbonyl (C=O) groups excluding carboxylic acids is 1. The Morgan fingerprint density at radius 2 is 1.62 bits per heavy atom. The SMILES string of the molecule is COc1ccc(OC/C=C/C#Cc2ccc(OC(C)=O)cc2)cc1. The summed E-state index contributed by atoms with van der Waals surface area (Å²) in [7, 11) is 1.63. The van der Waals surface area contributed by atoms with E-state index in [4.69, 9.17) is 14.2 Å². The van der Waals surface area contributed by atoms with Gasteiger partial charge in [0.15, 0.2) is 0 Å². The molecule has 2 rings (SSSR count). The van der Waals surface area contributed by atoms with E-state index in [1.807, 2.05) is 30.3 Å². The molecule has 0 N–H and O–H groups in total. The minimum atomic E-state index is -0.339. The molecule has 0 aliphatic carbocycles. The van der Waals surface area contributed by atoms with Crippen molar-refractivity contribution in [2.45, 2.75) is 6.92 Å². The summed E-state index contributed by atoms with van der Waals surface area (Å²) in [6.45, 7) is 1.80. The van der Waals surface area contributed by atoms with E-state index in [1.165, 1.54) is 6.92 Å². The molecular formula is C20H18O4. The fraction of sp³-hybridized carbons (Fsp3) is 0.150. The van der Waals surface area contributed by atoms with Crippen LogP contribution < -0.4 is 14.2 Å². The van der Waals surface area contributed by atoms with E-state index in [0.717, 1.165) is 17.1 Å². The molecule has 0 aliphatic rings. The first-order chi connectivity index (χ1) is 11.7. The van der Waals surface area contributed by atoms with Crippen LogP contribution in [0.2, 0.25) is 0 Å². The van der Waals surface area contributed by atoms with Crippen LogP contribution in [0.1, 0.15) is 12.5 Å². The van der Waals surface area contributed by atoms with Gasteiger partial charge in [0, 0.05) is 12.5 Å². The quantitative estimate of drug-likeness (QED) is 0.479. The molecule has 0 spiro atoms. The fourth-order valence-electron chi connectivity index (χ4n) is 1.82. The topological polar surface area (TPSA) is 44.8 Å². The summed E-state index contributed by atoms with van der Waals surface area (Å²) in [6, 6.07) is 14.4. The van der Waals surface area contributed by atoms with Crippen LogP contribution in [0.25, 0.3) is 0 Å². The second kappa shape index (κ2) is 9.06. The lowest BCUT2D eigenvalue weighted by atomic mass is 10.2. The number of carbonyl (C=O) groups is 1. The molecule has 0 heterocycles. The molecule has 4 heteroatoms. The maximum Gasteiger partial charge on any atom is 0.308 e. The Labute approximate surface area is 141 Å². The number of hydrogen-bond donors (Lipinski definition) is 0. The summed E-state index contributed by atoms with van der Waals surface area (Å²) in [5.41, 5.74) is 0.839. The Kier molecular flexibility index (Phi) is 6.48. The molecule has 0 unspecified atom stereocenters. The van der Waals surface area contributed by atoms with Crippen molar-refractivity contribution in [3.8, 4) is 29.1 Å². The molecule has 0 fully saturated rings. The smallest absolute Gasteiger partial charge is 0.308 e. The Hall–Kier alpha value is -3.19. The third-order valence-corrected chi connectivity index (χ3v) is 2.94. The molecule has 0 aliphatic heterocycles. The van der Waals surface area contributed by atoms with Gasteiger partial charge in [-0.2, -0.15) is 0 Å². The van der Waals surface area contributed by atoms with Gasteiger partial charge in [-0.05, 0) is 60.7 Å². The lowest BCUT2D eigenvalue weighted by Gasteiger charge is -2.03. The number of benzene rings is 2. The Balaban J connectivity index is 1.79. The number of allylic oxidation sites excluding steroid dienone is 1. The van der Waals surface area contributed by atoms with Gasteiger partial charge in [-0.3, -0.25) is 4.79 Å². The third kappa shape index (κ3) is 5.90. The summed E-state index contributed by atoms with van der Waals surface area (Å²) in [4.78, 5) is 10.8. The first-order valence-electron chi connectivity index (χ1n) is 7.39. The van der Waals surface area contributed by atoms with Gasteiger partial charge in [-0.25, -0.2) is 0 Å². The third-order valence-electron chi connectivity index (χ3n) is 2.94. The summed E-state index contributed by atoms with van der Waals surface area (Å²) in [5.74, 6) is 7.66. The second-order valence-corrected chi connectivity index (χ2v) is 4.78. The van der Waals surface area contributed by atoms with Crippen LogP contribution in [0.4, 0.5) is 0 Å². The standard InChI is InChI=1S/C20H18O4/c1-16(21)24-20-9-7-17(8-10-20)6-4-3-5-15-23-19-13-11-18(22-2)12-14-19/h3,5,7-14H,15H2,1-2H3/b5-3+. The van der Waals surface area contributed by atoms with E-state index in [0.29, 0.717) is 12.4 Å². The molecule has 0 saturated heterocycles. The van der Waals surface area contributed by atoms with Gasteiger partial charge in [0.25, 0.3) is 0 Å². The van der Waals surface area contributed by atoms with Crippen molar-refractivity contribution in [2.75, 3.05) is 13.7 Å². The molecule has 2 aromatic rings. The molecule has 0 radical (unpaired) electrons. The minimum absolute atomic E-state index is 0.339. The van der Waals surface area contributed by atoms with E-state index in [9.17, 15) is 4.79 Å². The average molecular weight is 322 g/mol. The molecule has 0 saturated carbocycles. The number of hydrogen-bond acceptors (Lipinski definition) is 4. The van der Waals surface area contributed by atoms with E-state index >= 15 is 0 Å². The first kappa shape index (κ1) is 17.2. The Bertz CT molecular complexity index is 747. The lowest BCUT2D eigenvalue weighted by Crippen LogP contribution is -2.00. The van der Waals surface area contributed by atoms with Gasteiger partial charge in [0.05, 0.1) is 7.11 Å². The van der Waals surface area contributed by atoms with Crippen molar-refractivity contribution < 1.29 is 19.0 Å². The van der Waals surface area contributed by atoms with E-state index in [2.05, 4.69) is 11.8 Å². The van der Waals surface area contributed by atoms with E-state index < -0.39 is 0 Å². The second-order valence-electron chi connectivity index (χ2n) is 4.78. The van der Waals surface area contributed by atoms with Crippen molar-refractivity contribution in [2.24, 2.45) is 0 Å². The Morgan fingerprint density at radius 1 is 1.00 bits per heavy atom. The van der Waals surface area contributed by atoms with Gasteiger partial charge < -0.3 is 14.2 Å². The maximum absolute atomic E-state index is 10.8. The van der Waals surface area contributed by atoms with Gasteiger partial charge in [0.2, 0.25) is 0 Å². The summed E-state index contributed by atoms with van der Waals surface area (Å²) in [5, 5.41) is 0. The maximum atomic E-state index is 10.8. The van der Waals surface area contributed by atoms with Crippen LogP contribution in [0.15, 0.2) is 60.7 Å². The largest absolute Gasteiger partial charge is 0.497 e. The number of ether oxygens (including phenoxy) is 3. The van der Waals surface area contributed by atoms with Crippen LogP contribution in [0, 0.1) is 11.8 Å². The van der Waals surface area contributed by atoms with Gasteiger partial charge in [-0.15, -0.1) is 0 Å². The van der Waals surface area contributed by atoms with Crippen molar-refractivity contribution in [3.63, 3.8) is 0 Å². The molecular weight excluding hydrogens is 304 g/mol. The fourth-order valence-corrected chi connectivity index (χ4v) is 1.82. The van der Waals surface area contributed by atoms with E-state index in [-0.39, 0.29) is 5.97 Å². The molecule has 4 nitrogen and oxygen atoms in total. The van der Waals surface area contributed by atoms with Crippen LogP contribution >= 0.6 is 0 Å².